The molecule has 19 heavy (non-hydrogen) atoms. The van der Waals surface area contributed by atoms with E-state index in [1.165, 1.54) is 7.11 Å². The first-order chi connectivity index (χ1) is 9.04. The Balaban J connectivity index is 2.30. The lowest BCUT2D eigenvalue weighted by atomic mass is 10.2. The van der Waals surface area contributed by atoms with Crippen LogP contribution in [0.2, 0.25) is 0 Å². The highest BCUT2D eigenvalue weighted by atomic mass is 16.5. The number of hydrogen-bond acceptors (Lipinski definition) is 5. The van der Waals surface area contributed by atoms with Crippen LogP contribution in [-0.2, 0) is 16.1 Å². The summed E-state index contributed by atoms with van der Waals surface area (Å²) in [6, 6.07) is 1.68. The molecule has 0 spiro atoms. The Kier molecular flexibility index (Phi) is 6.08. The van der Waals surface area contributed by atoms with Crippen LogP contribution >= 0.6 is 0 Å². The number of methoxy groups -OCH3 is 1. The third kappa shape index (κ3) is 5.13. The number of esters is 1. The number of amides is 1. The predicted molar refractivity (Wildman–Crippen MR) is 69.5 cm³/mol. The first-order valence-corrected chi connectivity index (χ1v) is 6.21. The normalized spacial score (nSPS) is 10.4. The summed E-state index contributed by atoms with van der Waals surface area (Å²) in [7, 11) is 1.34. The molecule has 3 N–H and O–H groups in total. The molecule has 0 aliphatic heterocycles. The number of primary amides is 1. The lowest BCUT2D eigenvalue weighted by molar-refractivity contribution is -0.118. The van der Waals surface area contributed by atoms with Crippen molar-refractivity contribution < 1.29 is 18.7 Å². The Hall–Kier alpha value is -1.82. The van der Waals surface area contributed by atoms with Gasteiger partial charge >= 0.3 is 5.97 Å². The van der Waals surface area contributed by atoms with Crippen LogP contribution in [-0.4, -0.2) is 25.5 Å². The summed E-state index contributed by atoms with van der Waals surface area (Å²) < 4.78 is 10.1. The number of rotatable bonds is 8. The summed E-state index contributed by atoms with van der Waals surface area (Å²) in [4.78, 5) is 21.9. The van der Waals surface area contributed by atoms with Gasteiger partial charge in [-0.05, 0) is 32.4 Å². The number of nitrogens with two attached hydrogens (primary N) is 1. The summed E-state index contributed by atoms with van der Waals surface area (Å²) in [5.41, 5.74) is 5.49. The van der Waals surface area contributed by atoms with Gasteiger partial charge < -0.3 is 20.2 Å². The van der Waals surface area contributed by atoms with E-state index >= 15 is 0 Å². The van der Waals surface area contributed by atoms with E-state index in [1.807, 2.05) is 0 Å². The summed E-state index contributed by atoms with van der Waals surface area (Å²) in [5, 5.41) is 3.17. The number of ether oxygens (including phenoxy) is 1. The van der Waals surface area contributed by atoms with Crippen molar-refractivity contribution in [1.29, 1.82) is 0 Å². The van der Waals surface area contributed by atoms with E-state index in [-0.39, 0.29) is 5.91 Å². The number of aryl methyl sites for hydroxylation is 1. The van der Waals surface area contributed by atoms with Crippen molar-refractivity contribution in [2.75, 3.05) is 13.7 Å². The lowest BCUT2D eigenvalue weighted by Gasteiger charge is -2.01. The number of unbranched alkanes of at least 4 members (excludes halogenated alkanes) is 1. The van der Waals surface area contributed by atoms with Crippen molar-refractivity contribution in [3.63, 3.8) is 0 Å². The Morgan fingerprint density at radius 1 is 1.42 bits per heavy atom. The average molecular weight is 268 g/mol. The first-order valence-electron chi connectivity index (χ1n) is 6.21. The Bertz CT molecular complexity index is 440. The van der Waals surface area contributed by atoms with Crippen LogP contribution in [0.5, 0.6) is 0 Å². The predicted octanol–water partition coefficient (Wildman–Crippen LogP) is 1.12. The van der Waals surface area contributed by atoms with E-state index in [2.05, 4.69) is 10.1 Å². The standard InChI is InChI=1S/C13H20N2O4/c1-9-11(13(17)18-2)7-10(19-9)8-15-6-4-3-5-12(14)16/h7,15H,3-6,8H2,1-2H3,(H2,14,16). The highest BCUT2D eigenvalue weighted by molar-refractivity contribution is 5.90. The molecule has 1 rings (SSSR count). The lowest BCUT2D eigenvalue weighted by Crippen LogP contribution is -2.15. The zero-order valence-corrected chi connectivity index (χ0v) is 11.3. The largest absolute Gasteiger partial charge is 0.465 e. The van der Waals surface area contributed by atoms with Gasteiger partial charge in [0.1, 0.15) is 17.1 Å². The molecule has 1 heterocycles. The Morgan fingerprint density at radius 2 is 2.16 bits per heavy atom. The zero-order valence-electron chi connectivity index (χ0n) is 11.3. The fourth-order valence-corrected chi connectivity index (χ4v) is 1.70. The van der Waals surface area contributed by atoms with E-state index in [0.29, 0.717) is 30.0 Å². The molecule has 1 aromatic heterocycles. The van der Waals surface area contributed by atoms with E-state index in [1.54, 1.807) is 13.0 Å². The highest BCUT2D eigenvalue weighted by Crippen LogP contribution is 2.15. The maximum absolute atomic E-state index is 11.4. The molecule has 0 saturated heterocycles. The molecule has 0 aliphatic rings. The van der Waals surface area contributed by atoms with Crippen molar-refractivity contribution in [3.8, 4) is 0 Å². The minimum Gasteiger partial charge on any atom is -0.465 e. The van der Waals surface area contributed by atoms with Crippen molar-refractivity contribution in [3.05, 3.63) is 23.2 Å². The summed E-state index contributed by atoms with van der Waals surface area (Å²) >= 11 is 0. The molecule has 0 radical (unpaired) electrons. The van der Waals surface area contributed by atoms with Gasteiger partial charge in [-0.2, -0.15) is 0 Å². The minimum atomic E-state index is -0.394. The maximum atomic E-state index is 11.4. The summed E-state index contributed by atoms with van der Waals surface area (Å²) in [6.45, 7) is 3.03. The molecule has 0 saturated carbocycles. The number of carbonyl (C=O) groups is 2. The molecular weight excluding hydrogens is 248 g/mol. The molecule has 0 fully saturated rings. The van der Waals surface area contributed by atoms with Gasteiger partial charge in [0.05, 0.1) is 13.7 Å². The molecule has 0 bridgehead atoms. The van der Waals surface area contributed by atoms with E-state index < -0.39 is 5.97 Å². The third-order valence-corrected chi connectivity index (χ3v) is 2.70. The van der Waals surface area contributed by atoms with E-state index in [4.69, 9.17) is 10.2 Å². The van der Waals surface area contributed by atoms with Gasteiger partial charge in [-0.15, -0.1) is 0 Å². The molecule has 0 atom stereocenters. The highest BCUT2D eigenvalue weighted by Gasteiger charge is 2.14. The van der Waals surface area contributed by atoms with Gasteiger partial charge in [-0.1, -0.05) is 0 Å². The smallest absolute Gasteiger partial charge is 0.341 e. The second-order valence-corrected chi connectivity index (χ2v) is 4.27. The van der Waals surface area contributed by atoms with Gasteiger partial charge in [0.25, 0.3) is 0 Å². The number of nitrogens with one attached hydrogen (secondary N) is 1. The Morgan fingerprint density at radius 3 is 2.79 bits per heavy atom. The van der Waals surface area contributed by atoms with Crippen LogP contribution in [0.1, 0.15) is 41.1 Å². The quantitative estimate of drug-likeness (QED) is 0.544. The van der Waals surface area contributed by atoms with Gasteiger partial charge in [0.15, 0.2) is 0 Å². The number of hydrogen-bond donors (Lipinski definition) is 2. The van der Waals surface area contributed by atoms with Crippen LogP contribution in [0.15, 0.2) is 10.5 Å². The number of furan rings is 1. The minimum absolute atomic E-state index is 0.274. The van der Waals surface area contributed by atoms with Gasteiger partial charge in [0.2, 0.25) is 5.91 Å². The van der Waals surface area contributed by atoms with E-state index in [0.717, 1.165) is 19.4 Å². The molecule has 0 aromatic carbocycles. The molecule has 1 amide bonds. The van der Waals surface area contributed by atoms with Crippen molar-refractivity contribution >= 4 is 11.9 Å². The molecule has 0 unspecified atom stereocenters. The van der Waals surface area contributed by atoms with Crippen LogP contribution in [0, 0.1) is 6.92 Å². The van der Waals surface area contributed by atoms with Gasteiger partial charge in [0, 0.05) is 6.42 Å². The van der Waals surface area contributed by atoms with E-state index in [9.17, 15) is 9.59 Å². The summed E-state index contributed by atoms with van der Waals surface area (Å²) in [6.07, 6.45) is 2.05. The van der Waals surface area contributed by atoms with Crippen LogP contribution < -0.4 is 11.1 Å². The fraction of sp³-hybridized carbons (Fsp3) is 0.538. The maximum Gasteiger partial charge on any atom is 0.341 e. The fourth-order valence-electron chi connectivity index (χ4n) is 1.70. The van der Waals surface area contributed by atoms with Crippen LogP contribution in [0.4, 0.5) is 0 Å². The molecular formula is C13H20N2O4. The topological polar surface area (TPSA) is 94.6 Å². The molecule has 1 aromatic rings. The van der Waals surface area contributed by atoms with Crippen LogP contribution in [0.3, 0.4) is 0 Å². The summed E-state index contributed by atoms with van der Waals surface area (Å²) in [5.74, 6) is 0.573. The SMILES string of the molecule is COC(=O)c1cc(CNCCCCC(N)=O)oc1C. The molecule has 6 heteroatoms. The monoisotopic (exact) mass is 268 g/mol. The van der Waals surface area contributed by atoms with Gasteiger partial charge in [-0.25, -0.2) is 4.79 Å². The average Bonchev–Trinajstić information content (AvgIpc) is 2.73. The second-order valence-electron chi connectivity index (χ2n) is 4.27. The number of carbonyl (C=O) groups excluding carboxylic acids is 2. The molecule has 6 nitrogen and oxygen atoms in total. The van der Waals surface area contributed by atoms with Crippen molar-refractivity contribution in [1.82, 2.24) is 5.32 Å². The molecule has 106 valence electrons. The Labute approximate surface area is 112 Å². The van der Waals surface area contributed by atoms with Crippen molar-refractivity contribution in [2.24, 2.45) is 5.73 Å². The van der Waals surface area contributed by atoms with Crippen LogP contribution in [0.25, 0.3) is 0 Å². The van der Waals surface area contributed by atoms with Crippen molar-refractivity contribution in [2.45, 2.75) is 32.7 Å². The van der Waals surface area contributed by atoms with Gasteiger partial charge in [-0.3, -0.25) is 4.79 Å². The zero-order chi connectivity index (χ0) is 14.3. The second kappa shape index (κ2) is 7.58. The molecule has 0 aliphatic carbocycles. The third-order valence-electron chi connectivity index (χ3n) is 2.70. The first kappa shape index (κ1) is 15.2.